The Labute approximate surface area is 160 Å². The number of carbonyl (C=O) groups is 2. The molecule has 1 saturated carbocycles. The van der Waals surface area contributed by atoms with Gasteiger partial charge in [-0.2, -0.15) is 0 Å². The van der Waals surface area contributed by atoms with Crippen molar-refractivity contribution in [2.24, 2.45) is 5.92 Å². The van der Waals surface area contributed by atoms with E-state index >= 15 is 0 Å². The van der Waals surface area contributed by atoms with Crippen LogP contribution in [0.1, 0.15) is 63.4 Å². The molecule has 1 amide bonds. The Morgan fingerprint density at radius 2 is 1.89 bits per heavy atom. The van der Waals surface area contributed by atoms with Crippen molar-refractivity contribution in [1.82, 2.24) is 5.32 Å². The smallest absolute Gasteiger partial charge is 0.303 e. The van der Waals surface area contributed by atoms with Crippen molar-refractivity contribution in [2.45, 2.75) is 69.5 Å². The Hall–Kier alpha value is -1.92. The first-order valence-corrected chi connectivity index (χ1v) is 9.72. The van der Waals surface area contributed by atoms with Crippen LogP contribution in [0.2, 0.25) is 0 Å². The third-order valence-corrected chi connectivity index (χ3v) is 5.57. The molecule has 4 N–H and O–H groups in total. The molecule has 0 aromatic heterocycles. The summed E-state index contributed by atoms with van der Waals surface area (Å²) in [5.41, 5.74) is 0.105. The molecule has 0 unspecified atom stereocenters. The number of carboxylic acid groups (broad SMARTS) is 1. The molecule has 1 aliphatic carbocycles. The molecule has 0 radical (unpaired) electrons. The molecule has 1 aliphatic rings. The number of aliphatic hydroxyl groups is 2. The number of hydrogen-bond donors (Lipinski definition) is 4. The fourth-order valence-corrected chi connectivity index (χ4v) is 3.95. The second-order valence-electron chi connectivity index (χ2n) is 7.88. The zero-order valence-corrected chi connectivity index (χ0v) is 15.9. The second kappa shape index (κ2) is 9.85. The predicted molar refractivity (Wildman–Crippen MR) is 102 cm³/mol. The number of carboxylic acids is 1. The van der Waals surface area contributed by atoms with Crippen LogP contribution in [0.3, 0.4) is 0 Å². The van der Waals surface area contributed by atoms with E-state index < -0.39 is 17.7 Å². The van der Waals surface area contributed by atoms with Crippen molar-refractivity contribution >= 4 is 11.9 Å². The average molecular weight is 377 g/mol. The van der Waals surface area contributed by atoms with Crippen LogP contribution in [-0.4, -0.2) is 45.4 Å². The Bertz CT molecular complexity index is 616. The number of amides is 1. The molecule has 0 bridgehead atoms. The highest BCUT2D eigenvalue weighted by atomic mass is 16.4. The number of hydrogen-bond acceptors (Lipinski definition) is 4. The topological polar surface area (TPSA) is 107 Å². The predicted octanol–water partition coefficient (Wildman–Crippen LogP) is 2.44. The molecule has 2 rings (SSSR count). The highest BCUT2D eigenvalue weighted by molar-refractivity contribution is 5.80. The molecule has 1 aromatic rings. The van der Waals surface area contributed by atoms with E-state index in [-0.39, 0.29) is 30.6 Å². The maximum Gasteiger partial charge on any atom is 0.303 e. The lowest BCUT2D eigenvalue weighted by Crippen LogP contribution is -2.43. The first-order valence-electron chi connectivity index (χ1n) is 9.72. The summed E-state index contributed by atoms with van der Waals surface area (Å²) in [5, 5.41) is 33.0. The molecule has 4 atom stereocenters. The van der Waals surface area contributed by atoms with E-state index in [0.717, 1.165) is 12.0 Å². The third-order valence-electron chi connectivity index (χ3n) is 5.57. The van der Waals surface area contributed by atoms with Crippen molar-refractivity contribution in [3.63, 3.8) is 0 Å². The maximum atomic E-state index is 11.9. The summed E-state index contributed by atoms with van der Waals surface area (Å²) in [6.07, 6.45) is 2.59. The molecule has 0 saturated heterocycles. The van der Waals surface area contributed by atoms with E-state index in [0.29, 0.717) is 32.2 Å². The van der Waals surface area contributed by atoms with E-state index in [1.54, 1.807) is 6.92 Å². The monoisotopic (exact) mass is 377 g/mol. The van der Waals surface area contributed by atoms with Crippen LogP contribution in [0.5, 0.6) is 0 Å². The Morgan fingerprint density at radius 1 is 1.19 bits per heavy atom. The summed E-state index contributed by atoms with van der Waals surface area (Å²) in [6.45, 7) is 2.11. The van der Waals surface area contributed by atoms with Gasteiger partial charge in [0.05, 0.1) is 18.1 Å². The van der Waals surface area contributed by atoms with Crippen LogP contribution >= 0.6 is 0 Å². The van der Waals surface area contributed by atoms with Crippen LogP contribution in [0, 0.1) is 5.92 Å². The van der Waals surface area contributed by atoms with Crippen molar-refractivity contribution in [1.29, 1.82) is 0 Å². The normalized spacial score (nSPS) is 29.2. The molecule has 150 valence electrons. The maximum absolute atomic E-state index is 11.9. The first-order chi connectivity index (χ1) is 12.8. The first kappa shape index (κ1) is 21.4. The van der Waals surface area contributed by atoms with E-state index in [2.05, 4.69) is 5.32 Å². The average Bonchev–Trinajstić information content (AvgIpc) is 2.67. The number of nitrogens with one attached hydrogen (secondary N) is 1. The standard InChI is InChI=1S/C21H31NO5/c1-21(27)13-16(15-6-3-2-4-7-15)12-18(23)9-5-8-17(21)14-22-19(24)10-11-20(25)26/h2-4,6-7,16-18,23,27H,5,8-14H2,1H3,(H,22,24)(H,25,26)/t16-,17+,18-,21-/m1/s1. The number of carbonyl (C=O) groups excluding carboxylic acids is 1. The molecule has 1 fully saturated rings. The van der Waals surface area contributed by atoms with Gasteiger partial charge in [-0.25, -0.2) is 0 Å². The number of benzene rings is 1. The van der Waals surface area contributed by atoms with Crippen LogP contribution in [-0.2, 0) is 9.59 Å². The molecule has 1 aromatic carbocycles. The van der Waals surface area contributed by atoms with E-state index in [1.165, 1.54) is 0 Å². The molecule has 0 heterocycles. The quantitative estimate of drug-likeness (QED) is 0.609. The van der Waals surface area contributed by atoms with Gasteiger partial charge >= 0.3 is 5.97 Å². The van der Waals surface area contributed by atoms with Crippen molar-refractivity contribution in [3.8, 4) is 0 Å². The number of aliphatic hydroxyl groups excluding tert-OH is 1. The molecular formula is C21H31NO5. The van der Waals surface area contributed by atoms with Crippen molar-refractivity contribution in [3.05, 3.63) is 35.9 Å². The van der Waals surface area contributed by atoms with Crippen LogP contribution in [0.15, 0.2) is 30.3 Å². The van der Waals surface area contributed by atoms with Gasteiger partial charge in [0.15, 0.2) is 0 Å². The van der Waals surface area contributed by atoms with Crippen molar-refractivity contribution < 1.29 is 24.9 Å². The van der Waals surface area contributed by atoms with Crippen LogP contribution < -0.4 is 5.32 Å². The molecule has 27 heavy (non-hydrogen) atoms. The number of rotatable bonds is 6. The van der Waals surface area contributed by atoms with Gasteiger partial charge in [-0.05, 0) is 44.1 Å². The number of aliphatic carboxylic acids is 1. The van der Waals surface area contributed by atoms with E-state index in [1.807, 2.05) is 30.3 Å². The minimum atomic E-state index is -1.00. The minimum Gasteiger partial charge on any atom is -0.481 e. The lowest BCUT2D eigenvalue weighted by atomic mass is 9.77. The largest absolute Gasteiger partial charge is 0.481 e. The van der Waals surface area contributed by atoms with Gasteiger partial charge in [-0.1, -0.05) is 36.8 Å². The van der Waals surface area contributed by atoms with Gasteiger partial charge in [0.25, 0.3) is 0 Å². The third kappa shape index (κ3) is 6.96. The van der Waals surface area contributed by atoms with Gasteiger partial charge < -0.3 is 20.6 Å². The summed E-state index contributed by atoms with van der Waals surface area (Å²) in [7, 11) is 0. The highest BCUT2D eigenvalue weighted by Gasteiger charge is 2.36. The summed E-state index contributed by atoms with van der Waals surface area (Å²) in [6, 6.07) is 9.91. The molecule has 6 nitrogen and oxygen atoms in total. The Kier molecular flexibility index (Phi) is 7.80. The lowest BCUT2D eigenvalue weighted by Gasteiger charge is -2.35. The summed E-state index contributed by atoms with van der Waals surface area (Å²) in [4.78, 5) is 22.5. The summed E-state index contributed by atoms with van der Waals surface area (Å²) in [5.74, 6) is -1.42. The molecule has 6 heteroatoms. The van der Waals surface area contributed by atoms with Crippen molar-refractivity contribution in [2.75, 3.05) is 6.54 Å². The zero-order chi connectivity index (χ0) is 19.9. The fourth-order valence-electron chi connectivity index (χ4n) is 3.95. The van der Waals surface area contributed by atoms with E-state index in [9.17, 15) is 19.8 Å². The van der Waals surface area contributed by atoms with Gasteiger partial charge in [0.1, 0.15) is 0 Å². The molecule has 0 spiro atoms. The molecule has 0 aliphatic heterocycles. The van der Waals surface area contributed by atoms with Gasteiger partial charge in [-0.15, -0.1) is 0 Å². The minimum absolute atomic E-state index is 0.0412. The fraction of sp³-hybridized carbons (Fsp3) is 0.619. The van der Waals surface area contributed by atoms with Gasteiger partial charge in [-0.3, -0.25) is 9.59 Å². The van der Waals surface area contributed by atoms with E-state index in [4.69, 9.17) is 5.11 Å². The van der Waals surface area contributed by atoms with Crippen LogP contribution in [0.25, 0.3) is 0 Å². The van der Waals surface area contributed by atoms with Crippen LogP contribution in [0.4, 0.5) is 0 Å². The molecular weight excluding hydrogens is 346 g/mol. The van der Waals surface area contributed by atoms with Gasteiger partial charge in [0.2, 0.25) is 5.91 Å². The van der Waals surface area contributed by atoms with Gasteiger partial charge in [0, 0.05) is 18.9 Å². The Morgan fingerprint density at radius 3 is 2.56 bits per heavy atom. The second-order valence-corrected chi connectivity index (χ2v) is 7.88. The Balaban J connectivity index is 2.06. The lowest BCUT2D eigenvalue weighted by molar-refractivity contribution is -0.139. The zero-order valence-electron chi connectivity index (χ0n) is 15.9. The summed E-state index contributed by atoms with van der Waals surface area (Å²) >= 11 is 0. The SMILES string of the molecule is C[C@@]1(O)C[C@H](c2ccccc2)C[C@H](O)CCC[C@H]1CNC(=O)CCC(=O)O. The summed E-state index contributed by atoms with van der Waals surface area (Å²) < 4.78 is 0. The highest BCUT2D eigenvalue weighted by Crippen LogP contribution is 2.38.